The van der Waals surface area contributed by atoms with Crippen LogP contribution in [0.2, 0.25) is 0 Å². The van der Waals surface area contributed by atoms with Crippen molar-refractivity contribution in [2.75, 3.05) is 10.6 Å². The fourth-order valence-corrected chi connectivity index (χ4v) is 2.03. The van der Waals surface area contributed by atoms with Crippen molar-refractivity contribution in [3.8, 4) is 5.75 Å². The van der Waals surface area contributed by atoms with Crippen LogP contribution in [0.3, 0.4) is 0 Å². The first-order chi connectivity index (χ1) is 10.0. The number of nitrogens with zero attached hydrogens (tertiary/aromatic N) is 2. The van der Waals surface area contributed by atoms with Crippen LogP contribution in [-0.4, -0.2) is 27.7 Å². The number of aryl methyl sites for hydroxylation is 1. The van der Waals surface area contributed by atoms with Crippen LogP contribution in [0.4, 0.5) is 11.4 Å². The lowest BCUT2D eigenvalue weighted by Gasteiger charge is -2.23. The Morgan fingerprint density at radius 3 is 3.00 bits per heavy atom. The smallest absolute Gasteiger partial charge is 0.265 e. The van der Waals surface area contributed by atoms with Gasteiger partial charge in [-0.1, -0.05) is 0 Å². The third-order valence-corrected chi connectivity index (χ3v) is 3.14. The molecule has 1 atom stereocenters. The Hall–Kier alpha value is -2.83. The first-order valence-corrected chi connectivity index (χ1v) is 6.44. The fraction of sp³-hybridized carbons (Fsp3) is 0.214. The molecule has 1 unspecified atom stereocenters. The van der Waals surface area contributed by atoms with E-state index in [0.29, 0.717) is 22.7 Å². The zero-order valence-electron chi connectivity index (χ0n) is 11.6. The maximum Gasteiger partial charge on any atom is 0.265 e. The Morgan fingerprint density at radius 1 is 1.48 bits per heavy atom. The van der Waals surface area contributed by atoms with Crippen LogP contribution >= 0.6 is 0 Å². The van der Waals surface area contributed by atoms with Crippen molar-refractivity contribution < 1.29 is 14.3 Å². The molecule has 0 fully saturated rings. The molecule has 1 aliphatic heterocycles. The minimum absolute atomic E-state index is 0.210. The van der Waals surface area contributed by atoms with Crippen molar-refractivity contribution in [1.29, 1.82) is 0 Å². The minimum atomic E-state index is -0.520. The number of hydrogen-bond donors (Lipinski definition) is 2. The van der Waals surface area contributed by atoms with Crippen molar-refractivity contribution >= 4 is 23.2 Å². The zero-order chi connectivity index (χ0) is 15.0. The van der Waals surface area contributed by atoms with Crippen LogP contribution in [0.25, 0.3) is 0 Å². The van der Waals surface area contributed by atoms with Crippen molar-refractivity contribution in [3.63, 3.8) is 0 Å². The molecule has 2 N–H and O–H groups in total. The average Bonchev–Trinajstić information content (AvgIpc) is 2.87. The predicted octanol–water partition coefficient (Wildman–Crippen LogP) is 1.39. The number of fused-ring (bicyclic) bond motifs is 1. The van der Waals surface area contributed by atoms with Gasteiger partial charge in [0.25, 0.3) is 11.8 Å². The van der Waals surface area contributed by atoms with Gasteiger partial charge in [-0.2, -0.15) is 5.10 Å². The largest absolute Gasteiger partial charge is 0.479 e. The highest BCUT2D eigenvalue weighted by Crippen LogP contribution is 2.32. The third-order valence-electron chi connectivity index (χ3n) is 3.14. The number of ether oxygens (including phenoxy) is 1. The number of aromatic nitrogens is 2. The first-order valence-electron chi connectivity index (χ1n) is 6.44. The number of hydrogen-bond acceptors (Lipinski definition) is 4. The topological polar surface area (TPSA) is 85.2 Å². The standard InChI is InChI=1S/C14H14N4O3/c1-8-13(19)17-11-5-10(3-4-12(11)21-8)16-14(20)9-6-15-18(2)7-9/h3-8H,1-2H3,(H,16,20)(H,17,19). The summed E-state index contributed by atoms with van der Waals surface area (Å²) in [5, 5.41) is 9.43. The molecule has 1 aliphatic rings. The van der Waals surface area contributed by atoms with Gasteiger partial charge in [-0.25, -0.2) is 0 Å². The highest BCUT2D eigenvalue weighted by atomic mass is 16.5. The number of anilines is 2. The van der Waals surface area contributed by atoms with E-state index in [2.05, 4.69) is 15.7 Å². The van der Waals surface area contributed by atoms with Gasteiger partial charge in [0.1, 0.15) is 5.75 Å². The van der Waals surface area contributed by atoms with E-state index in [1.165, 1.54) is 6.20 Å². The third kappa shape index (κ3) is 2.58. The van der Waals surface area contributed by atoms with E-state index in [9.17, 15) is 9.59 Å². The van der Waals surface area contributed by atoms with Gasteiger partial charge < -0.3 is 15.4 Å². The molecule has 2 aromatic rings. The van der Waals surface area contributed by atoms with Crippen molar-refractivity contribution in [2.45, 2.75) is 13.0 Å². The molecule has 0 saturated carbocycles. The lowest BCUT2D eigenvalue weighted by molar-refractivity contribution is -0.122. The van der Waals surface area contributed by atoms with E-state index in [4.69, 9.17) is 4.74 Å². The molecule has 2 heterocycles. The molecule has 7 heteroatoms. The Morgan fingerprint density at radius 2 is 2.29 bits per heavy atom. The molecule has 108 valence electrons. The van der Waals surface area contributed by atoms with E-state index in [1.54, 1.807) is 43.0 Å². The lowest BCUT2D eigenvalue weighted by Crippen LogP contribution is -2.34. The molecule has 7 nitrogen and oxygen atoms in total. The Balaban J connectivity index is 1.80. The second-order valence-electron chi connectivity index (χ2n) is 4.82. The van der Waals surface area contributed by atoms with Gasteiger partial charge in [-0.15, -0.1) is 0 Å². The summed E-state index contributed by atoms with van der Waals surface area (Å²) in [4.78, 5) is 23.6. The second kappa shape index (κ2) is 4.93. The number of rotatable bonds is 2. The normalized spacial score (nSPS) is 16.7. The number of benzene rings is 1. The molecule has 0 saturated heterocycles. The quantitative estimate of drug-likeness (QED) is 0.873. The summed E-state index contributed by atoms with van der Waals surface area (Å²) in [6.45, 7) is 1.68. The molecule has 0 spiro atoms. The van der Waals surface area contributed by atoms with Gasteiger partial charge in [-0.05, 0) is 25.1 Å². The Kier molecular flexibility index (Phi) is 3.09. The fourth-order valence-electron chi connectivity index (χ4n) is 2.03. The Labute approximate surface area is 120 Å². The van der Waals surface area contributed by atoms with Gasteiger partial charge in [-0.3, -0.25) is 14.3 Å². The molecule has 0 radical (unpaired) electrons. The Bertz CT molecular complexity index is 723. The molecule has 0 bridgehead atoms. The van der Waals surface area contributed by atoms with Gasteiger partial charge in [0.15, 0.2) is 6.10 Å². The van der Waals surface area contributed by atoms with Gasteiger partial charge in [0.2, 0.25) is 0 Å². The number of carbonyl (C=O) groups excluding carboxylic acids is 2. The van der Waals surface area contributed by atoms with Crippen LogP contribution in [0.1, 0.15) is 17.3 Å². The van der Waals surface area contributed by atoms with E-state index < -0.39 is 6.10 Å². The maximum atomic E-state index is 12.0. The van der Waals surface area contributed by atoms with Crippen LogP contribution < -0.4 is 15.4 Å². The van der Waals surface area contributed by atoms with E-state index in [1.807, 2.05) is 0 Å². The summed E-state index contributed by atoms with van der Waals surface area (Å²) < 4.78 is 7.01. The second-order valence-corrected chi connectivity index (χ2v) is 4.82. The van der Waals surface area contributed by atoms with E-state index in [0.717, 1.165) is 0 Å². The van der Waals surface area contributed by atoms with Gasteiger partial charge >= 0.3 is 0 Å². The molecule has 0 aliphatic carbocycles. The highest BCUT2D eigenvalue weighted by molar-refractivity contribution is 6.05. The molecule has 1 aromatic carbocycles. The van der Waals surface area contributed by atoms with Crippen molar-refractivity contribution in [3.05, 3.63) is 36.2 Å². The molecular formula is C14H14N4O3. The van der Waals surface area contributed by atoms with Crippen molar-refractivity contribution in [2.24, 2.45) is 7.05 Å². The zero-order valence-corrected chi connectivity index (χ0v) is 11.6. The first kappa shape index (κ1) is 13.2. The number of amides is 2. The average molecular weight is 286 g/mol. The summed E-state index contributed by atoms with van der Waals surface area (Å²) in [5.41, 5.74) is 1.58. The van der Waals surface area contributed by atoms with Gasteiger partial charge in [0.05, 0.1) is 17.4 Å². The molecule has 1 aromatic heterocycles. The minimum Gasteiger partial charge on any atom is -0.479 e. The number of nitrogens with one attached hydrogen (secondary N) is 2. The summed E-state index contributed by atoms with van der Waals surface area (Å²) in [6, 6.07) is 5.09. The van der Waals surface area contributed by atoms with Crippen LogP contribution in [0.15, 0.2) is 30.6 Å². The molecule has 3 rings (SSSR count). The SMILES string of the molecule is CC1Oc2ccc(NC(=O)c3cnn(C)c3)cc2NC1=O. The van der Waals surface area contributed by atoms with Crippen molar-refractivity contribution in [1.82, 2.24) is 9.78 Å². The van der Waals surface area contributed by atoms with Crippen LogP contribution in [0, 0.1) is 0 Å². The van der Waals surface area contributed by atoms with Crippen LogP contribution in [-0.2, 0) is 11.8 Å². The summed E-state index contributed by atoms with van der Waals surface area (Å²) in [7, 11) is 1.74. The van der Waals surface area contributed by atoms with E-state index >= 15 is 0 Å². The molecule has 21 heavy (non-hydrogen) atoms. The maximum absolute atomic E-state index is 12.0. The summed E-state index contributed by atoms with van der Waals surface area (Å²) in [5.74, 6) is 0.110. The molecule has 2 amide bonds. The monoisotopic (exact) mass is 286 g/mol. The highest BCUT2D eigenvalue weighted by Gasteiger charge is 2.23. The van der Waals surface area contributed by atoms with Gasteiger partial charge in [0, 0.05) is 18.9 Å². The summed E-state index contributed by atoms with van der Waals surface area (Å²) >= 11 is 0. The van der Waals surface area contributed by atoms with Crippen LogP contribution in [0.5, 0.6) is 5.75 Å². The summed E-state index contributed by atoms with van der Waals surface area (Å²) in [6.07, 6.45) is 2.59. The lowest BCUT2D eigenvalue weighted by atomic mass is 10.2. The number of carbonyl (C=O) groups is 2. The van der Waals surface area contributed by atoms with E-state index in [-0.39, 0.29) is 11.8 Å². The predicted molar refractivity (Wildman–Crippen MR) is 76.3 cm³/mol. The molecular weight excluding hydrogens is 272 g/mol.